The van der Waals surface area contributed by atoms with E-state index in [4.69, 9.17) is 15.2 Å². The van der Waals surface area contributed by atoms with Gasteiger partial charge in [-0.3, -0.25) is 15.6 Å². The van der Waals surface area contributed by atoms with Crippen molar-refractivity contribution in [1.82, 2.24) is 10.6 Å². The molecule has 25 heavy (non-hydrogen) atoms. The second-order valence-corrected chi connectivity index (χ2v) is 7.69. The summed E-state index contributed by atoms with van der Waals surface area (Å²) >= 11 is 0. The van der Waals surface area contributed by atoms with Crippen LogP contribution in [-0.2, 0) is 9.47 Å². The number of guanidine groups is 1. The lowest BCUT2D eigenvalue weighted by Gasteiger charge is -2.22. The number of hydrogen-bond acceptors (Lipinski definition) is 6. The number of nitrogens with one attached hydrogen (secondary N) is 2. The third-order valence-corrected chi connectivity index (χ3v) is 2.62. The van der Waals surface area contributed by atoms with Crippen LogP contribution in [0.1, 0.15) is 67.2 Å². The predicted molar refractivity (Wildman–Crippen MR) is 98.6 cm³/mol. The summed E-state index contributed by atoms with van der Waals surface area (Å²) in [4.78, 5) is 28.0. The van der Waals surface area contributed by atoms with E-state index in [9.17, 15) is 9.59 Å². The number of ether oxygens (including phenoxy) is 2. The molecule has 0 saturated heterocycles. The molecule has 0 saturated carbocycles. The Kier molecular flexibility index (Phi) is 10.1. The highest BCUT2D eigenvalue weighted by Crippen LogP contribution is 2.07. The highest BCUT2D eigenvalue weighted by molar-refractivity contribution is 6.01. The minimum Gasteiger partial charge on any atom is -0.444 e. The Morgan fingerprint density at radius 1 is 0.840 bits per heavy atom. The maximum atomic E-state index is 11.9. The molecule has 0 aliphatic carbocycles. The van der Waals surface area contributed by atoms with Crippen LogP contribution in [0, 0.1) is 0 Å². The van der Waals surface area contributed by atoms with Gasteiger partial charge in [-0.25, -0.2) is 9.59 Å². The maximum Gasteiger partial charge on any atom is 0.414 e. The molecule has 0 aromatic rings. The summed E-state index contributed by atoms with van der Waals surface area (Å²) < 4.78 is 10.3. The van der Waals surface area contributed by atoms with Gasteiger partial charge >= 0.3 is 12.2 Å². The van der Waals surface area contributed by atoms with E-state index in [0.717, 1.165) is 25.7 Å². The molecule has 0 aromatic carbocycles. The van der Waals surface area contributed by atoms with Gasteiger partial charge < -0.3 is 15.2 Å². The van der Waals surface area contributed by atoms with Crippen LogP contribution >= 0.6 is 0 Å². The number of amides is 2. The second-order valence-electron chi connectivity index (χ2n) is 7.69. The molecule has 0 aliphatic heterocycles. The van der Waals surface area contributed by atoms with E-state index >= 15 is 0 Å². The van der Waals surface area contributed by atoms with Crippen LogP contribution < -0.4 is 16.4 Å². The molecule has 0 spiro atoms. The number of carbonyl (C=O) groups is 2. The summed E-state index contributed by atoms with van der Waals surface area (Å²) in [5.74, 6) is 0.0160. The number of unbranched alkanes of at least 4 members (excludes halogenated alkanes) is 3. The van der Waals surface area contributed by atoms with E-state index in [1.165, 1.54) is 0 Å². The molecule has 0 fully saturated rings. The first-order valence-corrected chi connectivity index (χ1v) is 8.67. The van der Waals surface area contributed by atoms with Crippen molar-refractivity contribution < 1.29 is 19.1 Å². The first kappa shape index (κ1) is 23.2. The van der Waals surface area contributed by atoms with E-state index in [1.807, 2.05) is 0 Å². The molecule has 4 N–H and O–H groups in total. The van der Waals surface area contributed by atoms with Crippen LogP contribution in [0.5, 0.6) is 0 Å². The van der Waals surface area contributed by atoms with Crippen molar-refractivity contribution in [3.05, 3.63) is 0 Å². The van der Waals surface area contributed by atoms with E-state index in [1.54, 1.807) is 41.5 Å². The number of nitrogens with two attached hydrogens (primary N) is 1. The molecule has 0 unspecified atom stereocenters. The van der Waals surface area contributed by atoms with Crippen molar-refractivity contribution in [3.63, 3.8) is 0 Å². The van der Waals surface area contributed by atoms with Crippen LogP contribution in [0.3, 0.4) is 0 Å². The molecule has 146 valence electrons. The lowest BCUT2D eigenvalue weighted by atomic mass is 10.2. The van der Waals surface area contributed by atoms with Gasteiger partial charge in [0, 0.05) is 6.54 Å². The number of alkyl carbamates (subject to hydrolysis) is 2. The van der Waals surface area contributed by atoms with Crippen LogP contribution in [0.25, 0.3) is 0 Å². The van der Waals surface area contributed by atoms with Crippen LogP contribution in [0.15, 0.2) is 4.99 Å². The first-order chi connectivity index (χ1) is 11.4. The van der Waals surface area contributed by atoms with E-state index in [-0.39, 0.29) is 5.96 Å². The molecule has 8 heteroatoms. The molecule has 0 bridgehead atoms. The minimum atomic E-state index is -0.689. The lowest BCUT2D eigenvalue weighted by Crippen LogP contribution is -2.47. The quantitative estimate of drug-likeness (QED) is 0.383. The smallest absolute Gasteiger partial charge is 0.414 e. The normalized spacial score (nSPS) is 11.5. The summed E-state index contributed by atoms with van der Waals surface area (Å²) in [6.07, 6.45) is 2.43. The third kappa shape index (κ3) is 15.4. The average molecular weight is 358 g/mol. The average Bonchev–Trinajstić information content (AvgIpc) is 2.37. The third-order valence-electron chi connectivity index (χ3n) is 2.62. The Balaban J connectivity index is 4.69. The zero-order valence-electron chi connectivity index (χ0n) is 16.4. The van der Waals surface area contributed by atoms with Crippen LogP contribution in [0.2, 0.25) is 0 Å². The van der Waals surface area contributed by atoms with Crippen LogP contribution in [-0.4, -0.2) is 42.4 Å². The fourth-order valence-corrected chi connectivity index (χ4v) is 1.71. The van der Waals surface area contributed by atoms with Crippen molar-refractivity contribution in [2.45, 2.75) is 78.4 Å². The Bertz CT molecular complexity index is 419. The fourth-order valence-electron chi connectivity index (χ4n) is 1.71. The molecule has 0 aromatic heterocycles. The monoisotopic (exact) mass is 358 g/mol. The number of rotatable bonds is 6. The molecule has 0 radical (unpaired) electrons. The molecule has 0 aliphatic rings. The van der Waals surface area contributed by atoms with Gasteiger partial charge in [0.25, 0.3) is 0 Å². The zero-order chi connectivity index (χ0) is 19.5. The van der Waals surface area contributed by atoms with Gasteiger partial charge in [-0.1, -0.05) is 12.8 Å². The van der Waals surface area contributed by atoms with Gasteiger partial charge in [-0.15, -0.1) is 0 Å². The number of nitrogens with zero attached hydrogens (tertiary/aromatic N) is 1. The molecule has 0 atom stereocenters. The number of aliphatic imine (C=N–C) groups is 1. The minimum absolute atomic E-state index is 0.0160. The van der Waals surface area contributed by atoms with Crippen molar-refractivity contribution in [1.29, 1.82) is 0 Å². The highest BCUT2D eigenvalue weighted by Gasteiger charge is 2.21. The van der Waals surface area contributed by atoms with Gasteiger partial charge in [0.2, 0.25) is 5.96 Å². The topological polar surface area (TPSA) is 115 Å². The van der Waals surface area contributed by atoms with E-state index in [0.29, 0.717) is 13.1 Å². The number of carbonyl (C=O) groups excluding carboxylic acids is 2. The van der Waals surface area contributed by atoms with Crippen molar-refractivity contribution in [3.8, 4) is 0 Å². The van der Waals surface area contributed by atoms with Gasteiger partial charge in [-0.2, -0.15) is 0 Å². The SMILES string of the molecule is CC(C)(C)OC(=O)NC(=NCCCCCCN)NC(=O)OC(C)(C)C. The highest BCUT2D eigenvalue weighted by atomic mass is 16.6. The summed E-state index contributed by atoms with van der Waals surface area (Å²) in [5, 5.41) is 4.90. The summed E-state index contributed by atoms with van der Waals surface area (Å²) in [7, 11) is 0. The lowest BCUT2D eigenvalue weighted by molar-refractivity contribution is 0.0545. The molecular weight excluding hydrogens is 324 g/mol. The van der Waals surface area contributed by atoms with Crippen molar-refractivity contribution >= 4 is 18.1 Å². The maximum absolute atomic E-state index is 11.9. The van der Waals surface area contributed by atoms with Gasteiger partial charge in [-0.05, 0) is 60.9 Å². The predicted octanol–water partition coefficient (Wildman–Crippen LogP) is 2.91. The standard InChI is InChI=1S/C17H34N4O4/c1-16(2,3)24-14(22)20-13(19-12-10-8-7-9-11-18)21-15(23)25-17(4,5)6/h7-12,18H2,1-6H3,(H2,19,20,21,22,23). The Labute approximate surface area is 150 Å². The number of hydrogen-bond donors (Lipinski definition) is 3. The fraction of sp³-hybridized carbons (Fsp3) is 0.824. The summed E-state index contributed by atoms with van der Waals surface area (Å²) in [5.41, 5.74) is 4.15. The Hall–Kier alpha value is -1.83. The van der Waals surface area contributed by atoms with Crippen LogP contribution in [0.4, 0.5) is 9.59 Å². The van der Waals surface area contributed by atoms with Gasteiger partial charge in [0.1, 0.15) is 11.2 Å². The molecule has 0 rings (SSSR count). The van der Waals surface area contributed by atoms with Crippen molar-refractivity contribution in [2.75, 3.05) is 13.1 Å². The first-order valence-electron chi connectivity index (χ1n) is 8.67. The van der Waals surface area contributed by atoms with Gasteiger partial charge in [0.15, 0.2) is 0 Å². The van der Waals surface area contributed by atoms with Gasteiger partial charge in [0.05, 0.1) is 0 Å². The molecule has 2 amide bonds. The molecular formula is C17H34N4O4. The molecule has 0 heterocycles. The Morgan fingerprint density at radius 3 is 1.68 bits per heavy atom. The summed E-state index contributed by atoms with van der Waals surface area (Å²) in [6.45, 7) is 11.7. The van der Waals surface area contributed by atoms with E-state index < -0.39 is 23.4 Å². The van der Waals surface area contributed by atoms with E-state index in [2.05, 4.69) is 15.6 Å². The summed E-state index contributed by atoms with van der Waals surface area (Å²) in [6, 6.07) is 0. The molecule has 8 nitrogen and oxygen atoms in total. The largest absolute Gasteiger partial charge is 0.444 e. The Morgan fingerprint density at radius 2 is 1.28 bits per heavy atom. The van der Waals surface area contributed by atoms with Crippen molar-refractivity contribution in [2.24, 2.45) is 10.7 Å². The zero-order valence-corrected chi connectivity index (χ0v) is 16.4. The second kappa shape index (κ2) is 10.9.